The van der Waals surface area contributed by atoms with Gasteiger partial charge in [-0.15, -0.1) is 0 Å². The Morgan fingerprint density at radius 3 is 2.46 bits per heavy atom. The zero-order valence-electron chi connectivity index (χ0n) is 17.6. The van der Waals surface area contributed by atoms with Crippen molar-refractivity contribution in [1.29, 1.82) is 0 Å². The predicted octanol–water partition coefficient (Wildman–Crippen LogP) is 5.62. The third kappa shape index (κ3) is 5.23. The topological polar surface area (TPSA) is 51.1 Å². The van der Waals surface area contributed by atoms with Crippen molar-refractivity contribution in [3.05, 3.63) is 27.6 Å². The van der Waals surface area contributed by atoms with Gasteiger partial charge in [0.2, 0.25) is 0 Å². The van der Waals surface area contributed by atoms with Crippen LogP contribution in [-0.4, -0.2) is 41.3 Å². The number of benzene rings is 1. The lowest BCUT2D eigenvalue weighted by atomic mass is 10.1. The van der Waals surface area contributed by atoms with E-state index in [0.717, 1.165) is 17.2 Å². The Hall–Kier alpha value is -1.66. The molecule has 0 bridgehead atoms. The van der Waals surface area contributed by atoms with Crippen LogP contribution in [0, 0.1) is 0 Å². The number of amidine groups is 1. The van der Waals surface area contributed by atoms with Crippen molar-refractivity contribution in [2.45, 2.75) is 66.2 Å². The SMILES string of the molecule is CC[C@H](C)Oc1c(Cl)cc(/C=C2/SC(=NC(C)C)N(C(C)C)C2=O)cc1OC. The van der Waals surface area contributed by atoms with Gasteiger partial charge in [0.25, 0.3) is 5.91 Å². The van der Waals surface area contributed by atoms with Gasteiger partial charge < -0.3 is 9.47 Å². The first-order valence-corrected chi connectivity index (χ1v) is 10.7. The summed E-state index contributed by atoms with van der Waals surface area (Å²) in [7, 11) is 1.58. The summed E-state index contributed by atoms with van der Waals surface area (Å²) in [4.78, 5) is 19.8. The third-order valence-electron chi connectivity index (χ3n) is 4.17. The van der Waals surface area contributed by atoms with E-state index in [1.54, 1.807) is 18.1 Å². The zero-order chi connectivity index (χ0) is 21.0. The molecular weight excluding hydrogens is 396 g/mol. The first-order valence-electron chi connectivity index (χ1n) is 9.52. The average Bonchev–Trinajstić information content (AvgIpc) is 2.91. The van der Waals surface area contributed by atoms with Crippen LogP contribution in [0.3, 0.4) is 0 Å². The van der Waals surface area contributed by atoms with Gasteiger partial charge in [-0.05, 0) is 76.6 Å². The number of nitrogens with zero attached hydrogens (tertiary/aromatic N) is 2. The molecule has 0 aromatic heterocycles. The van der Waals surface area contributed by atoms with Gasteiger partial charge in [-0.3, -0.25) is 14.7 Å². The molecule has 0 radical (unpaired) electrons. The summed E-state index contributed by atoms with van der Waals surface area (Å²) in [6.07, 6.45) is 2.71. The van der Waals surface area contributed by atoms with Gasteiger partial charge in [-0.1, -0.05) is 18.5 Å². The monoisotopic (exact) mass is 424 g/mol. The summed E-state index contributed by atoms with van der Waals surface area (Å²) in [5, 5.41) is 1.19. The Balaban J connectivity index is 2.42. The van der Waals surface area contributed by atoms with E-state index in [-0.39, 0.29) is 24.1 Å². The van der Waals surface area contributed by atoms with Crippen molar-refractivity contribution in [3.63, 3.8) is 0 Å². The Morgan fingerprint density at radius 2 is 1.93 bits per heavy atom. The van der Waals surface area contributed by atoms with Crippen LogP contribution in [0.5, 0.6) is 11.5 Å². The summed E-state index contributed by atoms with van der Waals surface area (Å²) in [5.74, 6) is 1.03. The van der Waals surface area contributed by atoms with Crippen LogP contribution >= 0.6 is 23.4 Å². The number of carbonyl (C=O) groups is 1. The second kappa shape index (κ2) is 9.70. The van der Waals surface area contributed by atoms with Crippen LogP contribution in [0.1, 0.15) is 53.5 Å². The van der Waals surface area contributed by atoms with E-state index >= 15 is 0 Å². The van der Waals surface area contributed by atoms with E-state index in [0.29, 0.717) is 21.4 Å². The molecule has 154 valence electrons. The third-order valence-corrected chi connectivity index (χ3v) is 5.44. The Morgan fingerprint density at radius 1 is 1.25 bits per heavy atom. The van der Waals surface area contributed by atoms with Gasteiger partial charge >= 0.3 is 0 Å². The molecule has 0 saturated carbocycles. The number of carbonyl (C=O) groups excluding carboxylic acids is 1. The van der Waals surface area contributed by atoms with Crippen LogP contribution in [-0.2, 0) is 4.79 Å². The largest absolute Gasteiger partial charge is 0.493 e. The van der Waals surface area contributed by atoms with E-state index < -0.39 is 0 Å². The molecule has 1 aromatic rings. The maximum absolute atomic E-state index is 12.9. The lowest BCUT2D eigenvalue weighted by molar-refractivity contribution is -0.123. The first kappa shape index (κ1) is 22.6. The Bertz CT molecular complexity index is 790. The maximum Gasteiger partial charge on any atom is 0.266 e. The number of hydrogen-bond acceptors (Lipinski definition) is 5. The summed E-state index contributed by atoms with van der Waals surface area (Å²) in [6.45, 7) is 12.0. The van der Waals surface area contributed by atoms with E-state index in [1.165, 1.54) is 11.8 Å². The first-order chi connectivity index (χ1) is 13.2. The molecule has 2 rings (SSSR count). The highest BCUT2D eigenvalue weighted by Gasteiger charge is 2.35. The van der Waals surface area contributed by atoms with Gasteiger partial charge in [-0.2, -0.15) is 0 Å². The van der Waals surface area contributed by atoms with Crippen molar-refractivity contribution in [3.8, 4) is 11.5 Å². The van der Waals surface area contributed by atoms with Crippen LogP contribution in [0.2, 0.25) is 5.02 Å². The van der Waals surface area contributed by atoms with Gasteiger partial charge in [0, 0.05) is 12.1 Å². The molecule has 5 nitrogen and oxygen atoms in total. The van der Waals surface area contributed by atoms with Crippen molar-refractivity contribution in [2.75, 3.05) is 7.11 Å². The highest BCUT2D eigenvalue weighted by atomic mass is 35.5. The summed E-state index contributed by atoms with van der Waals surface area (Å²) in [5.41, 5.74) is 0.781. The van der Waals surface area contributed by atoms with Gasteiger partial charge in [0.05, 0.1) is 23.1 Å². The number of amides is 1. The van der Waals surface area contributed by atoms with E-state index in [2.05, 4.69) is 4.99 Å². The molecule has 0 N–H and O–H groups in total. The van der Waals surface area contributed by atoms with Crippen molar-refractivity contribution >= 4 is 40.5 Å². The lowest BCUT2D eigenvalue weighted by Gasteiger charge is -2.20. The lowest BCUT2D eigenvalue weighted by Crippen LogP contribution is -2.35. The van der Waals surface area contributed by atoms with E-state index in [9.17, 15) is 4.79 Å². The second-order valence-corrected chi connectivity index (χ2v) is 8.67. The minimum atomic E-state index is -0.0468. The van der Waals surface area contributed by atoms with Crippen molar-refractivity contribution < 1.29 is 14.3 Å². The van der Waals surface area contributed by atoms with Crippen molar-refractivity contribution in [1.82, 2.24) is 4.90 Å². The van der Waals surface area contributed by atoms with E-state index in [1.807, 2.05) is 53.7 Å². The predicted molar refractivity (Wildman–Crippen MR) is 119 cm³/mol. The smallest absolute Gasteiger partial charge is 0.266 e. The van der Waals surface area contributed by atoms with Crippen LogP contribution in [0.4, 0.5) is 0 Å². The number of halogens is 1. The average molecular weight is 425 g/mol. The minimum absolute atomic E-state index is 0.0250. The van der Waals surface area contributed by atoms with Crippen LogP contribution in [0.15, 0.2) is 22.0 Å². The number of thioether (sulfide) groups is 1. The zero-order valence-corrected chi connectivity index (χ0v) is 19.1. The molecule has 0 spiro atoms. The van der Waals surface area contributed by atoms with Crippen LogP contribution < -0.4 is 9.47 Å². The minimum Gasteiger partial charge on any atom is -0.493 e. The van der Waals surface area contributed by atoms with Crippen molar-refractivity contribution in [2.24, 2.45) is 4.99 Å². The van der Waals surface area contributed by atoms with E-state index in [4.69, 9.17) is 21.1 Å². The number of methoxy groups -OCH3 is 1. The van der Waals surface area contributed by atoms with Gasteiger partial charge in [0.1, 0.15) is 0 Å². The molecule has 1 heterocycles. The molecule has 0 aliphatic carbocycles. The number of aliphatic imine (C=N–C) groups is 1. The fourth-order valence-electron chi connectivity index (χ4n) is 2.63. The molecule has 1 aromatic carbocycles. The Kier molecular flexibility index (Phi) is 7.84. The van der Waals surface area contributed by atoms with Gasteiger partial charge in [0.15, 0.2) is 16.7 Å². The maximum atomic E-state index is 12.9. The fourth-order valence-corrected chi connectivity index (χ4v) is 4.12. The molecule has 1 aliphatic rings. The Labute approximate surface area is 177 Å². The summed E-state index contributed by atoms with van der Waals surface area (Å²) < 4.78 is 11.4. The summed E-state index contributed by atoms with van der Waals surface area (Å²) in [6, 6.07) is 3.78. The molecule has 1 fully saturated rings. The molecule has 1 atom stereocenters. The summed E-state index contributed by atoms with van der Waals surface area (Å²) >= 11 is 7.84. The number of rotatable bonds is 7. The van der Waals surface area contributed by atoms with Gasteiger partial charge in [-0.25, -0.2) is 0 Å². The highest BCUT2D eigenvalue weighted by molar-refractivity contribution is 8.18. The standard InChI is InChI=1S/C21H29ClN2O3S/c1-8-14(6)27-19-16(22)9-15(10-17(19)26-7)11-18-20(25)24(13(4)5)21(28-18)23-12(2)3/h9-14H,8H2,1-7H3/b18-11+,23-21?/t14-/m0/s1. The fraction of sp³-hybridized carbons (Fsp3) is 0.524. The molecule has 1 saturated heterocycles. The quantitative estimate of drug-likeness (QED) is 0.533. The molecule has 7 heteroatoms. The molecule has 1 amide bonds. The molecular formula is C21H29ClN2O3S. The molecule has 1 aliphatic heterocycles. The number of hydrogen-bond donors (Lipinski definition) is 0. The normalized spacial score (nSPS) is 18.6. The molecule has 28 heavy (non-hydrogen) atoms. The second-order valence-electron chi connectivity index (χ2n) is 7.26. The number of ether oxygens (including phenoxy) is 2. The molecule has 0 unspecified atom stereocenters. The van der Waals surface area contributed by atoms with Crippen LogP contribution in [0.25, 0.3) is 6.08 Å². The highest BCUT2D eigenvalue weighted by Crippen LogP contribution is 2.40.